The molecule has 1 unspecified atom stereocenters. The van der Waals surface area contributed by atoms with Gasteiger partial charge in [0.1, 0.15) is 11.6 Å². The molecule has 4 rings (SSSR count). The first-order chi connectivity index (χ1) is 13.2. The van der Waals surface area contributed by atoms with Gasteiger partial charge in [0.25, 0.3) is 0 Å². The summed E-state index contributed by atoms with van der Waals surface area (Å²) in [5.41, 5.74) is 1.57. The van der Waals surface area contributed by atoms with Crippen LogP contribution < -0.4 is 10.2 Å². The van der Waals surface area contributed by atoms with Crippen molar-refractivity contribution in [2.24, 2.45) is 0 Å². The second kappa shape index (κ2) is 8.05. The molecule has 142 valence electrons. The van der Waals surface area contributed by atoms with Crippen molar-refractivity contribution in [3.8, 4) is 0 Å². The monoisotopic (exact) mass is 368 g/mol. The molecule has 1 atom stereocenters. The van der Waals surface area contributed by atoms with E-state index in [1.165, 1.54) is 12.1 Å². The summed E-state index contributed by atoms with van der Waals surface area (Å²) in [5, 5.41) is 2.80. The van der Waals surface area contributed by atoms with Crippen molar-refractivity contribution in [3.05, 3.63) is 54.0 Å². The SMILES string of the molecule is O=C1Nc2cc(F)ccc2C1CCCCN1CCN(c2ccccn2)CC1. The molecule has 0 aliphatic carbocycles. The molecule has 1 saturated heterocycles. The number of carbonyl (C=O) groups excluding carboxylic acids is 1. The molecule has 0 saturated carbocycles. The Morgan fingerprint density at radius 3 is 2.74 bits per heavy atom. The number of hydrogen-bond donors (Lipinski definition) is 1. The van der Waals surface area contributed by atoms with Crippen LogP contribution in [-0.4, -0.2) is 48.5 Å². The smallest absolute Gasteiger partial charge is 0.232 e. The first kappa shape index (κ1) is 17.9. The number of halogens is 1. The van der Waals surface area contributed by atoms with Crippen LogP contribution in [0.3, 0.4) is 0 Å². The van der Waals surface area contributed by atoms with E-state index in [1.807, 2.05) is 18.3 Å². The fraction of sp³-hybridized carbons (Fsp3) is 0.429. The van der Waals surface area contributed by atoms with E-state index in [0.717, 1.165) is 63.4 Å². The van der Waals surface area contributed by atoms with Crippen LogP contribution in [0.5, 0.6) is 0 Å². The molecule has 0 bridgehead atoms. The Bertz CT molecular complexity index is 790. The third-order valence-corrected chi connectivity index (χ3v) is 5.53. The van der Waals surface area contributed by atoms with Crippen molar-refractivity contribution in [1.29, 1.82) is 0 Å². The van der Waals surface area contributed by atoms with Crippen molar-refractivity contribution in [2.75, 3.05) is 42.9 Å². The zero-order valence-electron chi connectivity index (χ0n) is 15.4. The van der Waals surface area contributed by atoms with Gasteiger partial charge in [-0.15, -0.1) is 0 Å². The van der Waals surface area contributed by atoms with Gasteiger partial charge in [-0.05, 0) is 49.2 Å². The molecule has 2 aliphatic rings. The highest BCUT2D eigenvalue weighted by molar-refractivity contribution is 6.02. The Morgan fingerprint density at radius 1 is 1.11 bits per heavy atom. The predicted octanol–water partition coefficient (Wildman–Crippen LogP) is 3.25. The van der Waals surface area contributed by atoms with Crippen molar-refractivity contribution in [3.63, 3.8) is 0 Å². The fourth-order valence-corrected chi connectivity index (χ4v) is 4.01. The fourth-order valence-electron chi connectivity index (χ4n) is 4.01. The number of piperazine rings is 1. The normalized spacial score (nSPS) is 19.8. The number of carbonyl (C=O) groups is 1. The van der Waals surface area contributed by atoms with Crippen LogP contribution in [0.25, 0.3) is 0 Å². The Labute approximate surface area is 159 Å². The van der Waals surface area contributed by atoms with E-state index < -0.39 is 0 Å². The number of amides is 1. The number of unbranched alkanes of at least 4 members (excludes halogenated alkanes) is 1. The van der Waals surface area contributed by atoms with Gasteiger partial charge in [-0.2, -0.15) is 0 Å². The Morgan fingerprint density at radius 2 is 1.96 bits per heavy atom. The third kappa shape index (κ3) is 4.11. The molecular formula is C21H25FN4O. The van der Waals surface area contributed by atoms with E-state index in [4.69, 9.17) is 0 Å². The molecule has 2 aliphatic heterocycles. The van der Waals surface area contributed by atoms with Crippen LogP contribution in [0.2, 0.25) is 0 Å². The second-order valence-electron chi connectivity index (χ2n) is 7.29. The number of benzene rings is 1. The summed E-state index contributed by atoms with van der Waals surface area (Å²) in [4.78, 5) is 21.4. The number of rotatable bonds is 6. The predicted molar refractivity (Wildman–Crippen MR) is 105 cm³/mol. The number of hydrogen-bond acceptors (Lipinski definition) is 4. The average Bonchev–Trinajstić information content (AvgIpc) is 3.00. The summed E-state index contributed by atoms with van der Waals surface area (Å²) >= 11 is 0. The summed E-state index contributed by atoms with van der Waals surface area (Å²) in [6.45, 7) is 5.15. The van der Waals surface area contributed by atoms with Crippen LogP contribution in [0.1, 0.15) is 30.7 Å². The van der Waals surface area contributed by atoms with Gasteiger partial charge in [0, 0.05) is 38.1 Å². The number of fused-ring (bicyclic) bond motifs is 1. The third-order valence-electron chi connectivity index (χ3n) is 5.53. The number of anilines is 2. The van der Waals surface area contributed by atoms with Crippen LogP contribution >= 0.6 is 0 Å². The molecule has 1 aromatic heterocycles. The van der Waals surface area contributed by atoms with Crippen molar-refractivity contribution >= 4 is 17.4 Å². The lowest BCUT2D eigenvalue weighted by atomic mass is 9.95. The highest BCUT2D eigenvalue weighted by Crippen LogP contribution is 2.36. The molecule has 0 spiro atoms. The first-order valence-corrected chi connectivity index (χ1v) is 9.69. The molecule has 5 nitrogen and oxygen atoms in total. The van der Waals surface area contributed by atoms with E-state index in [-0.39, 0.29) is 17.6 Å². The minimum absolute atomic E-state index is 0.000393. The zero-order valence-corrected chi connectivity index (χ0v) is 15.4. The van der Waals surface area contributed by atoms with Crippen molar-refractivity contribution < 1.29 is 9.18 Å². The van der Waals surface area contributed by atoms with Crippen LogP contribution in [-0.2, 0) is 4.79 Å². The molecule has 6 heteroatoms. The quantitative estimate of drug-likeness (QED) is 0.795. The number of nitrogens with one attached hydrogen (secondary N) is 1. The van der Waals surface area contributed by atoms with E-state index in [2.05, 4.69) is 26.2 Å². The molecule has 2 aromatic rings. The van der Waals surface area contributed by atoms with Crippen LogP contribution in [0.15, 0.2) is 42.6 Å². The van der Waals surface area contributed by atoms with Gasteiger partial charge in [-0.25, -0.2) is 9.37 Å². The first-order valence-electron chi connectivity index (χ1n) is 9.69. The summed E-state index contributed by atoms with van der Waals surface area (Å²) in [7, 11) is 0. The molecule has 27 heavy (non-hydrogen) atoms. The Kier molecular flexibility index (Phi) is 5.34. The minimum atomic E-state index is -0.306. The number of aromatic nitrogens is 1. The lowest BCUT2D eigenvalue weighted by Crippen LogP contribution is -2.46. The average molecular weight is 368 g/mol. The lowest BCUT2D eigenvalue weighted by molar-refractivity contribution is -0.117. The second-order valence-corrected chi connectivity index (χ2v) is 7.29. The molecule has 1 amide bonds. The maximum atomic E-state index is 13.3. The largest absolute Gasteiger partial charge is 0.354 e. The summed E-state index contributed by atoms with van der Waals surface area (Å²) < 4.78 is 13.3. The van der Waals surface area contributed by atoms with Crippen LogP contribution in [0, 0.1) is 5.82 Å². The summed E-state index contributed by atoms with van der Waals surface area (Å²) in [6, 6.07) is 10.6. The van der Waals surface area contributed by atoms with E-state index >= 15 is 0 Å². The minimum Gasteiger partial charge on any atom is -0.354 e. The lowest BCUT2D eigenvalue weighted by Gasteiger charge is -2.35. The van der Waals surface area contributed by atoms with Gasteiger partial charge >= 0.3 is 0 Å². The topological polar surface area (TPSA) is 48.5 Å². The van der Waals surface area contributed by atoms with Crippen molar-refractivity contribution in [1.82, 2.24) is 9.88 Å². The molecule has 1 N–H and O–H groups in total. The van der Waals surface area contributed by atoms with Crippen molar-refractivity contribution in [2.45, 2.75) is 25.2 Å². The number of pyridine rings is 1. The standard InChI is InChI=1S/C21H25FN4O/c22-16-7-8-17-18(21(27)24-19(17)15-16)5-2-4-10-25-11-13-26(14-12-25)20-6-1-3-9-23-20/h1,3,6-9,15,18H,2,4-5,10-14H2,(H,24,27). The zero-order chi connectivity index (χ0) is 18.6. The Balaban J connectivity index is 1.20. The molecule has 3 heterocycles. The molecule has 0 radical (unpaired) electrons. The molecule has 1 fully saturated rings. The molecular weight excluding hydrogens is 343 g/mol. The van der Waals surface area contributed by atoms with E-state index in [9.17, 15) is 9.18 Å². The summed E-state index contributed by atoms with van der Waals surface area (Å²) in [6.07, 6.45) is 4.73. The maximum Gasteiger partial charge on any atom is 0.232 e. The maximum absolute atomic E-state index is 13.3. The Hall–Kier alpha value is -2.47. The molecule has 1 aromatic carbocycles. The van der Waals surface area contributed by atoms with Gasteiger partial charge in [-0.1, -0.05) is 18.6 Å². The van der Waals surface area contributed by atoms with Gasteiger partial charge in [-0.3, -0.25) is 9.69 Å². The van der Waals surface area contributed by atoms with E-state index in [0.29, 0.717) is 5.69 Å². The summed E-state index contributed by atoms with van der Waals surface area (Å²) in [5.74, 6) is 0.611. The van der Waals surface area contributed by atoms with Gasteiger partial charge < -0.3 is 10.2 Å². The van der Waals surface area contributed by atoms with Gasteiger partial charge in [0.2, 0.25) is 5.91 Å². The van der Waals surface area contributed by atoms with Gasteiger partial charge in [0.05, 0.1) is 5.92 Å². The highest BCUT2D eigenvalue weighted by atomic mass is 19.1. The van der Waals surface area contributed by atoms with Crippen LogP contribution in [0.4, 0.5) is 15.9 Å². The highest BCUT2D eigenvalue weighted by Gasteiger charge is 2.30. The van der Waals surface area contributed by atoms with Gasteiger partial charge in [0.15, 0.2) is 0 Å². The van der Waals surface area contributed by atoms with E-state index in [1.54, 1.807) is 6.07 Å². The number of nitrogens with zero attached hydrogens (tertiary/aromatic N) is 3.